The average molecular weight is 235 g/mol. The Kier molecular flexibility index (Phi) is 3.26. The van der Waals surface area contributed by atoms with Crippen LogP contribution in [0.25, 0.3) is 0 Å². The number of nitro groups is 1. The molecule has 1 aromatic heterocycles. The fourth-order valence-electron chi connectivity index (χ4n) is 1.93. The van der Waals surface area contributed by atoms with Gasteiger partial charge in [0.1, 0.15) is 0 Å². The van der Waals surface area contributed by atoms with Crippen LogP contribution in [0.2, 0.25) is 0 Å². The Morgan fingerprint density at radius 1 is 1.59 bits per heavy atom. The molecule has 5 heteroatoms. The minimum atomic E-state index is -0.342. The van der Waals surface area contributed by atoms with Crippen molar-refractivity contribution in [3.63, 3.8) is 0 Å². The van der Waals surface area contributed by atoms with Crippen LogP contribution in [-0.2, 0) is 0 Å². The van der Waals surface area contributed by atoms with E-state index in [0.29, 0.717) is 11.4 Å². The number of rotatable bonds is 5. The quantitative estimate of drug-likeness (QED) is 0.581. The van der Waals surface area contributed by atoms with Crippen molar-refractivity contribution in [3.05, 3.63) is 27.9 Å². The first-order valence-electron chi connectivity index (χ1n) is 5.90. The zero-order chi connectivity index (χ0) is 12.4. The summed E-state index contributed by atoms with van der Waals surface area (Å²) in [5.74, 6) is 1.30. The van der Waals surface area contributed by atoms with E-state index in [4.69, 9.17) is 0 Å². The van der Waals surface area contributed by atoms with Gasteiger partial charge in [-0.05, 0) is 25.3 Å². The topological polar surface area (TPSA) is 59.3 Å². The van der Waals surface area contributed by atoms with Crippen molar-refractivity contribution in [1.29, 1.82) is 0 Å². The van der Waals surface area contributed by atoms with E-state index in [1.54, 1.807) is 19.2 Å². The maximum atomic E-state index is 11.0. The summed E-state index contributed by atoms with van der Waals surface area (Å²) >= 11 is 0. The lowest BCUT2D eigenvalue weighted by atomic mass is 10.2. The molecular formula is C12H17N3O2. The van der Waals surface area contributed by atoms with E-state index in [-0.39, 0.29) is 10.6 Å². The van der Waals surface area contributed by atoms with Crippen LogP contribution >= 0.6 is 0 Å². The number of aryl methyl sites for hydroxylation is 1. The van der Waals surface area contributed by atoms with Gasteiger partial charge in [0.15, 0.2) is 0 Å². The molecule has 0 saturated heterocycles. The fourth-order valence-corrected chi connectivity index (χ4v) is 1.93. The molecule has 1 aliphatic carbocycles. The molecule has 1 saturated carbocycles. The summed E-state index contributed by atoms with van der Waals surface area (Å²) in [6.45, 7) is 2.58. The van der Waals surface area contributed by atoms with Gasteiger partial charge in [0.25, 0.3) is 0 Å². The third-order valence-electron chi connectivity index (χ3n) is 3.22. The normalized spacial score (nSPS) is 14.7. The first-order valence-corrected chi connectivity index (χ1v) is 5.90. The van der Waals surface area contributed by atoms with Gasteiger partial charge in [0.05, 0.1) is 4.92 Å². The van der Waals surface area contributed by atoms with Gasteiger partial charge in [-0.2, -0.15) is 0 Å². The molecule has 0 aromatic carbocycles. The highest BCUT2D eigenvalue weighted by Crippen LogP contribution is 2.34. The summed E-state index contributed by atoms with van der Waals surface area (Å²) in [5.41, 5.74) is 0.795. The van der Waals surface area contributed by atoms with Crippen LogP contribution < -0.4 is 4.90 Å². The van der Waals surface area contributed by atoms with Crippen LogP contribution in [0.1, 0.15) is 24.8 Å². The molecule has 2 rings (SSSR count). The molecule has 1 heterocycles. The van der Waals surface area contributed by atoms with Gasteiger partial charge in [-0.3, -0.25) is 10.1 Å². The maximum absolute atomic E-state index is 11.0. The van der Waals surface area contributed by atoms with E-state index in [9.17, 15) is 10.1 Å². The van der Waals surface area contributed by atoms with E-state index < -0.39 is 0 Å². The largest absolute Gasteiger partial charge is 0.354 e. The minimum Gasteiger partial charge on any atom is -0.354 e. The fraction of sp³-hybridized carbons (Fsp3) is 0.583. The van der Waals surface area contributed by atoms with E-state index in [0.717, 1.165) is 18.9 Å². The summed E-state index contributed by atoms with van der Waals surface area (Å²) in [4.78, 5) is 16.7. The van der Waals surface area contributed by atoms with Gasteiger partial charge in [-0.15, -0.1) is 0 Å². The summed E-state index contributed by atoms with van der Waals surface area (Å²) in [7, 11) is 1.87. The lowest BCUT2D eigenvalue weighted by Crippen LogP contribution is -2.21. The van der Waals surface area contributed by atoms with Crippen molar-refractivity contribution in [2.24, 2.45) is 5.92 Å². The van der Waals surface area contributed by atoms with Crippen LogP contribution in [0.3, 0.4) is 0 Å². The predicted molar refractivity (Wildman–Crippen MR) is 66.2 cm³/mol. The minimum absolute atomic E-state index is 0.130. The van der Waals surface area contributed by atoms with Crippen LogP contribution in [0, 0.1) is 23.0 Å². The van der Waals surface area contributed by atoms with Gasteiger partial charge in [0, 0.05) is 25.4 Å². The molecular weight excluding hydrogens is 218 g/mol. The van der Waals surface area contributed by atoms with Crippen LogP contribution in [0.5, 0.6) is 0 Å². The number of nitrogens with zero attached hydrogens (tertiary/aromatic N) is 3. The molecule has 0 N–H and O–H groups in total. The highest BCUT2D eigenvalue weighted by molar-refractivity contribution is 5.61. The second-order valence-electron chi connectivity index (χ2n) is 4.71. The van der Waals surface area contributed by atoms with Crippen molar-refractivity contribution in [2.45, 2.75) is 26.2 Å². The van der Waals surface area contributed by atoms with Crippen molar-refractivity contribution in [3.8, 4) is 0 Å². The lowest BCUT2D eigenvalue weighted by molar-refractivity contribution is -0.384. The smallest absolute Gasteiger partial charge is 0.314 e. The number of anilines is 1. The Labute approximate surface area is 101 Å². The van der Waals surface area contributed by atoms with Gasteiger partial charge in [-0.1, -0.05) is 12.8 Å². The van der Waals surface area contributed by atoms with Crippen molar-refractivity contribution < 1.29 is 4.92 Å². The first-order chi connectivity index (χ1) is 8.09. The Bertz CT molecular complexity index is 430. The summed E-state index contributed by atoms with van der Waals surface area (Å²) < 4.78 is 0. The zero-order valence-electron chi connectivity index (χ0n) is 10.2. The van der Waals surface area contributed by atoms with E-state index >= 15 is 0 Å². The number of aromatic nitrogens is 1. The molecule has 0 amide bonds. The van der Waals surface area contributed by atoms with Gasteiger partial charge < -0.3 is 4.90 Å². The highest BCUT2D eigenvalue weighted by atomic mass is 16.6. The predicted octanol–water partition coefficient (Wildman–Crippen LogP) is 2.53. The monoisotopic (exact) mass is 235 g/mol. The summed E-state index contributed by atoms with van der Waals surface area (Å²) in [5, 5.41) is 11.0. The van der Waals surface area contributed by atoms with Crippen molar-refractivity contribution >= 4 is 11.5 Å². The Morgan fingerprint density at radius 2 is 2.29 bits per heavy atom. The number of hydrogen-bond acceptors (Lipinski definition) is 4. The Hall–Kier alpha value is -1.65. The van der Waals surface area contributed by atoms with Gasteiger partial charge in [-0.25, -0.2) is 4.98 Å². The molecule has 0 unspecified atom stereocenters. The number of hydrogen-bond donors (Lipinski definition) is 0. The Morgan fingerprint density at radius 3 is 2.88 bits per heavy atom. The third-order valence-corrected chi connectivity index (χ3v) is 3.22. The Balaban J connectivity index is 2.17. The first kappa shape index (κ1) is 11.8. The molecule has 1 fully saturated rings. The van der Waals surface area contributed by atoms with Gasteiger partial charge >= 0.3 is 5.69 Å². The van der Waals surface area contributed by atoms with E-state index in [1.807, 2.05) is 11.9 Å². The molecule has 1 aliphatic rings. The van der Waals surface area contributed by atoms with Crippen LogP contribution in [0.15, 0.2) is 12.3 Å². The van der Waals surface area contributed by atoms with Crippen LogP contribution in [-0.4, -0.2) is 23.5 Å². The molecule has 0 bridgehead atoms. The molecule has 17 heavy (non-hydrogen) atoms. The molecule has 5 nitrogen and oxygen atoms in total. The van der Waals surface area contributed by atoms with E-state index in [2.05, 4.69) is 4.98 Å². The standard InChI is InChI=1S/C12H17N3O2/c1-9-5-7-13-12(11(9)15(16)17)14(2)8-6-10-3-4-10/h5,7,10H,3-4,6,8H2,1-2H3. The summed E-state index contributed by atoms with van der Waals surface area (Å²) in [6.07, 6.45) is 5.34. The average Bonchev–Trinajstić information content (AvgIpc) is 3.08. The zero-order valence-corrected chi connectivity index (χ0v) is 10.2. The molecule has 92 valence electrons. The van der Waals surface area contributed by atoms with Crippen molar-refractivity contribution in [1.82, 2.24) is 4.98 Å². The SMILES string of the molecule is Cc1ccnc(N(C)CCC2CC2)c1[N+](=O)[O-]. The molecule has 0 aliphatic heterocycles. The van der Waals surface area contributed by atoms with E-state index in [1.165, 1.54) is 12.8 Å². The van der Waals surface area contributed by atoms with Gasteiger partial charge in [0.2, 0.25) is 5.82 Å². The lowest BCUT2D eigenvalue weighted by Gasteiger charge is -2.18. The molecule has 1 aromatic rings. The second kappa shape index (κ2) is 4.69. The molecule has 0 radical (unpaired) electrons. The van der Waals surface area contributed by atoms with Crippen molar-refractivity contribution in [2.75, 3.05) is 18.5 Å². The molecule has 0 atom stereocenters. The maximum Gasteiger partial charge on any atom is 0.314 e. The summed E-state index contributed by atoms with van der Waals surface area (Å²) in [6, 6.07) is 1.68. The number of pyridine rings is 1. The van der Waals surface area contributed by atoms with Crippen LogP contribution in [0.4, 0.5) is 11.5 Å². The second-order valence-corrected chi connectivity index (χ2v) is 4.71. The third kappa shape index (κ3) is 2.72. The highest BCUT2D eigenvalue weighted by Gasteiger charge is 2.24. The molecule has 0 spiro atoms.